The highest BCUT2D eigenvalue weighted by atomic mass is 32.2. The number of sulfone groups is 1. The highest BCUT2D eigenvalue weighted by molar-refractivity contribution is 7.91. The number of hydrogen-bond donors (Lipinski definition) is 2. The topological polar surface area (TPSA) is 107 Å². The summed E-state index contributed by atoms with van der Waals surface area (Å²) in [6.07, 6.45) is 0.543. The zero-order valence-corrected chi connectivity index (χ0v) is 11.1. The van der Waals surface area contributed by atoms with Gasteiger partial charge in [-0.15, -0.1) is 0 Å². The lowest BCUT2D eigenvalue weighted by atomic mass is 10.0. The molecule has 8 heteroatoms. The standard InChI is InChI=1S/C10H16N4O3S/c1-10(3-4-18(15,16)6-10)14-7-5-8(17-2)13-9(11)12-7/h5H,3-4,6H2,1-2H3,(H3,11,12,13,14). The van der Waals surface area contributed by atoms with E-state index in [2.05, 4.69) is 15.3 Å². The average molecular weight is 272 g/mol. The number of rotatable bonds is 3. The number of aromatic nitrogens is 2. The highest BCUT2D eigenvalue weighted by Crippen LogP contribution is 2.27. The van der Waals surface area contributed by atoms with E-state index in [1.807, 2.05) is 6.92 Å². The van der Waals surface area contributed by atoms with E-state index in [1.54, 1.807) is 6.07 Å². The van der Waals surface area contributed by atoms with Crippen LogP contribution in [0.5, 0.6) is 5.88 Å². The van der Waals surface area contributed by atoms with Crippen molar-refractivity contribution >= 4 is 21.6 Å². The number of hydrogen-bond acceptors (Lipinski definition) is 7. The minimum absolute atomic E-state index is 0.0845. The maximum atomic E-state index is 11.5. The molecule has 18 heavy (non-hydrogen) atoms. The zero-order chi connectivity index (χ0) is 13.4. The van der Waals surface area contributed by atoms with E-state index in [-0.39, 0.29) is 17.5 Å². The highest BCUT2D eigenvalue weighted by Gasteiger charge is 2.38. The van der Waals surface area contributed by atoms with E-state index in [1.165, 1.54) is 7.11 Å². The molecule has 1 aliphatic rings. The van der Waals surface area contributed by atoms with Gasteiger partial charge in [0.25, 0.3) is 0 Å². The van der Waals surface area contributed by atoms with Crippen molar-refractivity contribution in [2.24, 2.45) is 0 Å². The van der Waals surface area contributed by atoms with Crippen LogP contribution < -0.4 is 15.8 Å². The summed E-state index contributed by atoms with van der Waals surface area (Å²) in [7, 11) is -1.49. The second kappa shape index (κ2) is 4.27. The Morgan fingerprint density at radius 1 is 1.50 bits per heavy atom. The molecule has 1 fully saturated rings. The Morgan fingerprint density at radius 3 is 2.78 bits per heavy atom. The molecule has 0 amide bonds. The molecule has 0 aliphatic carbocycles. The molecule has 7 nitrogen and oxygen atoms in total. The minimum atomic E-state index is -2.97. The summed E-state index contributed by atoms with van der Waals surface area (Å²) in [5.74, 6) is 1.18. The lowest BCUT2D eigenvalue weighted by molar-refractivity contribution is 0.397. The normalized spacial score (nSPS) is 25.9. The molecule has 1 atom stereocenters. The molecule has 0 aromatic carbocycles. The fraction of sp³-hybridized carbons (Fsp3) is 0.600. The molecule has 0 saturated carbocycles. The zero-order valence-electron chi connectivity index (χ0n) is 10.3. The molecule has 100 valence electrons. The van der Waals surface area contributed by atoms with Crippen LogP contribution in [0.3, 0.4) is 0 Å². The van der Waals surface area contributed by atoms with Crippen molar-refractivity contribution in [3.63, 3.8) is 0 Å². The third-order valence-corrected chi connectivity index (χ3v) is 4.77. The number of nitrogens with zero attached hydrogens (tertiary/aromatic N) is 2. The Labute approximate surface area is 106 Å². The van der Waals surface area contributed by atoms with Gasteiger partial charge in [-0.3, -0.25) is 0 Å². The fourth-order valence-electron chi connectivity index (χ4n) is 2.03. The van der Waals surface area contributed by atoms with Gasteiger partial charge < -0.3 is 15.8 Å². The Hall–Kier alpha value is -1.57. The smallest absolute Gasteiger partial charge is 0.225 e. The molecule has 1 aromatic rings. The Kier molecular flexibility index (Phi) is 3.05. The fourth-order valence-corrected chi connectivity index (χ4v) is 4.12. The van der Waals surface area contributed by atoms with E-state index < -0.39 is 15.4 Å². The van der Waals surface area contributed by atoms with Crippen LogP contribution in [-0.4, -0.2) is 42.5 Å². The first-order valence-corrected chi connectivity index (χ1v) is 7.31. The second-order valence-electron chi connectivity index (χ2n) is 4.68. The minimum Gasteiger partial charge on any atom is -0.481 e. The number of nitrogens with two attached hydrogens (primary N) is 1. The maximum absolute atomic E-state index is 11.5. The van der Waals surface area contributed by atoms with Crippen molar-refractivity contribution < 1.29 is 13.2 Å². The molecular formula is C10H16N4O3S. The number of nitrogens with one attached hydrogen (secondary N) is 1. The average Bonchev–Trinajstić information content (AvgIpc) is 2.51. The number of nitrogen functional groups attached to an aromatic ring is 1. The van der Waals surface area contributed by atoms with Crippen LogP contribution in [0.25, 0.3) is 0 Å². The lowest BCUT2D eigenvalue weighted by Gasteiger charge is -2.24. The summed E-state index contributed by atoms with van der Waals surface area (Å²) in [5, 5.41) is 3.10. The third-order valence-electron chi connectivity index (χ3n) is 2.86. The van der Waals surface area contributed by atoms with E-state index >= 15 is 0 Å². The van der Waals surface area contributed by atoms with Gasteiger partial charge in [0.05, 0.1) is 24.2 Å². The molecule has 1 aromatic heterocycles. The maximum Gasteiger partial charge on any atom is 0.225 e. The molecule has 3 N–H and O–H groups in total. The molecule has 2 rings (SSSR count). The van der Waals surface area contributed by atoms with Gasteiger partial charge in [0.2, 0.25) is 11.8 Å². The van der Waals surface area contributed by atoms with Gasteiger partial charge in [-0.2, -0.15) is 9.97 Å². The summed E-state index contributed by atoms with van der Waals surface area (Å²) in [4.78, 5) is 7.88. The summed E-state index contributed by atoms with van der Waals surface area (Å²) < 4.78 is 28.0. The van der Waals surface area contributed by atoms with Gasteiger partial charge in [-0.25, -0.2) is 8.42 Å². The van der Waals surface area contributed by atoms with Crippen LogP contribution in [0.4, 0.5) is 11.8 Å². The number of anilines is 2. The van der Waals surface area contributed by atoms with Gasteiger partial charge in [-0.1, -0.05) is 0 Å². The van der Waals surface area contributed by atoms with Crippen molar-refractivity contribution in [1.82, 2.24) is 9.97 Å². The van der Waals surface area contributed by atoms with Crippen LogP contribution in [0.1, 0.15) is 13.3 Å². The summed E-state index contributed by atoms with van der Waals surface area (Å²) in [6, 6.07) is 1.59. The van der Waals surface area contributed by atoms with E-state index in [9.17, 15) is 8.42 Å². The van der Waals surface area contributed by atoms with Gasteiger partial charge in [-0.05, 0) is 13.3 Å². The van der Waals surface area contributed by atoms with Crippen molar-refractivity contribution in [2.45, 2.75) is 18.9 Å². The molecule has 1 saturated heterocycles. The van der Waals surface area contributed by atoms with Gasteiger partial charge in [0.15, 0.2) is 9.84 Å². The molecule has 0 radical (unpaired) electrons. The molecular weight excluding hydrogens is 256 g/mol. The molecule has 0 spiro atoms. The van der Waals surface area contributed by atoms with Crippen LogP contribution in [0.15, 0.2) is 6.07 Å². The molecule has 1 aliphatic heterocycles. The lowest BCUT2D eigenvalue weighted by Crippen LogP contribution is -2.36. The van der Waals surface area contributed by atoms with Crippen LogP contribution in [-0.2, 0) is 9.84 Å². The largest absolute Gasteiger partial charge is 0.481 e. The third kappa shape index (κ3) is 2.81. The second-order valence-corrected chi connectivity index (χ2v) is 6.87. The molecule has 2 heterocycles. The van der Waals surface area contributed by atoms with E-state index in [0.29, 0.717) is 18.1 Å². The van der Waals surface area contributed by atoms with Crippen molar-refractivity contribution in [2.75, 3.05) is 29.7 Å². The summed E-state index contributed by atoms with van der Waals surface area (Å²) in [6.45, 7) is 1.85. The van der Waals surface area contributed by atoms with Crippen LogP contribution >= 0.6 is 0 Å². The SMILES string of the molecule is COc1cc(NC2(C)CCS(=O)(=O)C2)nc(N)n1. The Balaban J connectivity index is 2.22. The van der Waals surface area contributed by atoms with Gasteiger partial charge in [0, 0.05) is 6.07 Å². The predicted octanol–water partition coefficient (Wildman–Crippen LogP) is 0.0565. The van der Waals surface area contributed by atoms with Gasteiger partial charge >= 0.3 is 0 Å². The quantitative estimate of drug-likeness (QED) is 0.800. The van der Waals surface area contributed by atoms with E-state index in [4.69, 9.17) is 10.5 Å². The van der Waals surface area contributed by atoms with Crippen molar-refractivity contribution in [3.05, 3.63) is 6.07 Å². The summed E-state index contributed by atoms with van der Waals surface area (Å²) in [5.41, 5.74) is 5.02. The van der Waals surface area contributed by atoms with Gasteiger partial charge in [0.1, 0.15) is 5.82 Å². The van der Waals surface area contributed by atoms with Crippen molar-refractivity contribution in [3.8, 4) is 5.88 Å². The first-order chi connectivity index (χ1) is 8.32. The Bertz CT molecular complexity index is 560. The summed E-state index contributed by atoms with van der Waals surface area (Å²) >= 11 is 0. The van der Waals surface area contributed by atoms with Crippen molar-refractivity contribution in [1.29, 1.82) is 0 Å². The molecule has 1 unspecified atom stereocenters. The van der Waals surface area contributed by atoms with E-state index in [0.717, 1.165) is 0 Å². The monoisotopic (exact) mass is 272 g/mol. The van der Waals surface area contributed by atoms with Crippen LogP contribution in [0.2, 0.25) is 0 Å². The Morgan fingerprint density at radius 2 is 2.22 bits per heavy atom. The first-order valence-electron chi connectivity index (χ1n) is 5.49. The molecule has 0 bridgehead atoms. The number of methoxy groups -OCH3 is 1. The first kappa shape index (κ1) is 12.9. The predicted molar refractivity (Wildman–Crippen MR) is 68.3 cm³/mol. The number of ether oxygens (including phenoxy) is 1. The van der Waals surface area contributed by atoms with Crippen LogP contribution in [0, 0.1) is 0 Å².